The lowest BCUT2D eigenvalue weighted by molar-refractivity contribution is 0.0693. The highest BCUT2D eigenvalue weighted by atomic mass is 35.5. The average Bonchev–Trinajstić information content (AvgIpc) is 2.01. The molecular weight excluding hydrogens is 220 g/mol. The predicted molar refractivity (Wildman–Crippen MR) is 59.4 cm³/mol. The van der Waals surface area contributed by atoms with Gasteiger partial charge in [0.25, 0.3) is 0 Å². The molecule has 4 heteroatoms. The van der Waals surface area contributed by atoms with Crippen molar-refractivity contribution in [3.63, 3.8) is 0 Å². The van der Waals surface area contributed by atoms with E-state index in [1.165, 1.54) is 17.8 Å². The molecule has 0 aliphatic rings. The summed E-state index contributed by atoms with van der Waals surface area (Å²) in [6.07, 6.45) is 0. The Bertz CT molecular complexity index is 350. The van der Waals surface area contributed by atoms with Crippen molar-refractivity contribution < 1.29 is 9.90 Å². The molecule has 1 aromatic carbocycles. The van der Waals surface area contributed by atoms with Crippen LogP contribution in [0.4, 0.5) is 0 Å². The van der Waals surface area contributed by atoms with Crippen LogP contribution in [-0.2, 0) is 0 Å². The molecule has 14 heavy (non-hydrogen) atoms. The number of thioether (sulfide) groups is 1. The van der Waals surface area contributed by atoms with Gasteiger partial charge in [-0.25, -0.2) is 4.79 Å². The Morgan fingerprint density at radius 1 is 1.50 bits per heavy atom. The van der Waals surface area contributed by atoms with Crippen molar-refractivity contribution in [3.05, 3.63) is 28.8 Å². The molecule has 0 fully saturated rings. The maximum Gasteiger partial charge on any atom is 0.336 e. The van der Waals surface area contributed by atoms with Crippen molar-refractivity contribution in [1.82, 2.24) is 0 Å². The summed E-state index contributed by atoms with van der Waals surface area (Å²) in [6.45, 7) is 4.02. The molecule has 0 radical (unpaired) electrons. The normalized spacial score (nSPS) is 10.6. The van der Waals surface area contributed by atoms with Crippen LogP contribution in [0.5, 0.6) is 0 Å². The van der Waals surface area contributed by atoms with E-state index in [-0.39, 0.29) is 0 Å². The summed E-state index contributed by atoms with van der Waals surface area (Å²) in [5.41, 5.74) is 0.313. The third-order valence-corrected chi connectivity index (χ3v) is 2.83. The second kappa shape index (κ2) is 4.71. The van der Waals surface area contributed by atoms with Gasteiger partial charge in [0.1, 0.15) is 0 Å². The van der Waals surface area contributed by atoms with Crippen LogP contribution in [0.1, 0.15) is 24.2 Å². The maximum atomic E-state index is 10.9. The Hall–Kier alpha value is -0.670. The van der Waals surface area contributed by atoms with Gasteiger partial charge in [-0.3, -0.25) is 0 Å². The third-order valence-electron chi connectivity index (χ3n) is 1.54. The van der Waals surface area contributed by atoms with Gasteiger partial charge in [0.05, 0.1) is 5.56 Å². The zero-order valence-electron chi connectivity index (χ0n) is 7.95. The fourth-order valence-corrected chi connectivity index (χ4v) is 2.25. The first-order chi connectivity index (χ1) is 6.50. The molecular formula is C10H11ClO2S. The first-order valence-corrected chi connectivity index (χ1v) is 5.46. The molecule has 0 unspecified atom stereocenters. The SMILES string of the molecule is CC(C)Sc1cc(Cl)ccc1C(=O)O. The van der Waals surface area contributed by atoms with E-state index >= 15 is 0 Å². The number of benzene rings is 1. The number of carboxylic acid groups (broad SMARTS) is 1. The van der Waals surface area contributed by atoms with Crippen molar-refractivity contribution >= 4 is 29.3 Å². The summed E-state index contributed by atoms with van der Waals surface area (Å²) in [5.74, 6) is -0.912. The smallest absolute Gasteiger partial charge is 0.336 e. The van der Waals surface area contributed by atoms with Crippen molar-refractivity contribution in [2.24, 2.45) is 0 Å². The Kier molecular flexibility index (Phi) is 3.84. The number of carboxylic acids is 1. The number of rotatable bonds is 3. The van der Waals surface area contributed by atoms with Crippen molar-refractivity contribution in [2.45, 2.75) is 24.0 Å². The minimum absolute atomic E-state index is 0.313. The molecule has 0 saturated carbocycles. The van der Waals surface area contributed by atoms with Crippen LogP contribution in [0.2, 0.25) is 5.02 Å². The van der Waals surface area contributed by atoms with E-state index in [1.807, 2.05) is 13.8 Å². The Labute approximate surface area is 92.3 Å². The van der Waals surface area contributed by atoms with Crippen LogP contribution in [-0.4, -0.2) is 16.3 Å². The summed E-state index contributed by atoms with van der Waals surface area (Å²) in [7, 11) is 0. The Morgan fingerprint density at radius 2 is 2.14 bits per heavy atom. The fraction of sp³-hybridized carbons (Fsp3) is 0.300. The highest BCUT2D eigenvalue weighted by molar-refractivity contribution is 8.00. The summed E-state index contributed by atoms with van der Waals surface area (Å²) in [4.78, 5) is 11.6. The van der Waals surface area contributed by atoms with Crippen LogP contribution in [0.3, 0.4) is 0 Å². The molecule has 0 bridgehead atoms. The lowest BCUT2D eigenvalue weighted by atomic mass is 10.2. The molecule has 76 valence electrons. The van der Waals surface area contributed by atoms with Crippen LogP contribution in [0.15, 0.2) is 23.1 Å². The fourth-order valence-electron chi connectivity index (χ4n) is 1.02. The molecule has 0 heterocycles. The first kappa shape index (κ1) is 11.4. The highest BCUT2D eigenvalue weighted by Crippen LogP contribution is 2.29. The molecule has 1 aromatic rings. The van der Waals surface area contributed by atoms with E-state index in [1.54, 1.807) is 12.1 Å². The van der Waals surface area contributed by atoms with E-state index in [9.17, 15) is 4.79 Å². The van der Waals surface area contributed by atoms with Gasteiger partial charge >= 0.3 is 5.97 Å². The topological polar surface area (TPSA) is 37.3 Å². The zero-order chi connectivity index (χ0) is 10.7. The van der Waals surface area contributed by atoms with Gasteiger partial charge in [-0.1, -0.05) is 25.4 Å². The molecule has 0 aliphatic heterocycles. The van der Waals surface area contributed by atoms with E-state index < -0.39 is 5.97 Å². The van der Waals surface area contributed by atoms with Crippen molar-refractivity contribution in [3.8, 4) is 0 Å². The van der Waals surface area contributed by atoms with Gasteiger partial charge in [0.2, 0.25) is 0 Å². The summed E-state index contributed by atoms with van der Waals surface area (Å²) in [5, 5.41) is 9.82. The molecule has 0 amide bonds. The van der Waals surface area contributed by atoms with Gasteiger partial charge in [0.15, 0.2) is 0 Å². The zero-order valence-corrected chi connectivity index (χ0v) is 9.52. The van der Waals surface area contributed by atoms with E-state index in [0.717, 1.165) is 4.90 Å². The van der Waals surface area contributed by atoms with Crippen molar-refractivity contribution in [1.29, 1.82) is 0 Å². The van der Waals surface area contributed by atoms with Gasteiger partial charge in [-0.05, 0) is 18.2 Å². The van der Waals surface area contributed by atoms with Gasteiger partial charge < -0.3 is 5.11 Å². The molecule has 0 atom stereocenters. The summed E-state index contributed by atoms with van der Waals surface area (Å²) < 4.78 is 0. The van der Waals surface area contributed by atoms with Crippen LogP contribution >= 0.6 is 23.4 Å². The predicted octanol–water partition coefficient (Wildman–Crippen LogP) is 3.54. The standard InChI is InChI=1S/C10H11ClO2S/c1-6(2)14-9-5-7(11)3-4-8(9)10(12)13/h3-6H,1-2H3,(H,12,13). The lowest BCUT2D eigenvalue weighted by Gasteiger charge is -2.08. The van der Waals surface area contributed by atoms with E-state index in [0.29, 0.717) is 15.8 Å². The second-order valence-corrected chi connectivity index (χ2v) is 5.17. The second-order valence-electron chi connectivity index (χ2n) is 3.11. The Morgan fingerprint density at radius 3 is 2.64 bits per heavy atom. The highest BCUT2D eigenvalue weighted by Gasteiger charge is 2.11. The van der Waals surface area contributed by atoms with Gasteiger partial charge in [-0.2, -0.15) is 0 Å². The quantitative estimate of drug-likeness (QED) is 0.807. The Balaban J connectivity index is 3.09. The number of hydrogen-bond donors (Lipinski definition) is 1. The first-order valence-electron chi connectivity index (χ1n) is 4.20. The minimum Gasteiger partial charge on any atom is -0.478 e. The monoisotopic (exact) mass is 230 g/mol. The molecule has 0 aliphatic carbocycles. The molecule has 2 nitrogen and oxygen atoms in total. The van der Waals surface area contributed by atoms with E-state index in [2.05, 4.69) is 0 Å². The van der Waals surface area contributed by atoms with Gasteiger partial charge in [-0.15, -0.1) is 11.8 Å². The molecule has 0 saturated heterocycles. The molecule has 1 rings (SSSR count). The van der Waals surface area contributed by atoms with Gasteiger partial charge in [0, 0.05) is 15.2 Å². The van der Waals surface area contributed by atoms with E-state index in [4.69, 9.17) is 16.7 Å². The number of aromatic carboxylic acids is 1. The molecule has 0 spiro atoms. The largest absolute Gasteiger partial charge is 0.478 e. The summed E-state index contributed by atoms with van der Waals surface area (Å²) >= 11 is 7.30. The minimum atomic E-state index is -0.912. The van der Waals surface area contributed by atoms with Crippen LogP contribution < -0.4 is 0 Å². The van der Waals surface area contributed by atoms with Crippen molar-refractivity contribution in [2.75, 3.05) is 0 Å². The van der Waals surface area contributed by atoms with Crippen LogP contribution in [0, 0.1) is 0 Å². The number of halogens is 1. The average molecular weight is 231 g/mol. The molecule has 0 aromatic heterocycles. The molecule has 1 N–H and O–H groups in total. The summed E-state index contributed by atoms with van der Waals surface area (Å²) in [6, 6.07) is 4.82. The third kappa shape index (κ3) is 2.93. The number of carbonyl (C=O) groups is 1. The lowest BCUT2D eigenvalue weighted by Crippen LogP contribution is -2.00. The maximum absolute atomic E-state index is 10.9. The van der Waals surface area contributed by atoms with Crippen LogP contribution in [0.25, 0.3) is 0 Å². The number of hydrogen-bond acceptors (Lipinski definition) is 2.